The lowest BCUT2D eigenvalue weighted by Gasteiger charge is -2.04. The molecule has 0 aliphatic rings. The molecule has 2 aromatic rings. The third kappa shape index (κ3) is 1.50. The van der Waals surface area contributed by atoms with Crippen LogP contribution in [0.5, 0.6) is 5.88 Å². The van der Waals surface area contributed by atoms with Gasteiger partial charge in [-0.15, -0.1) is 0 Å². The zero-order chi connectivity index (χ0) is 9.97. The molecule has 4 nitrogen and oxygen atoms in total. The van der Waals surface area contributed by atoms with Crippen molar-refractivity contribution >= 4 is 22.8 Å². The molecule has 0 spiro atoms. The van der Waals surface area contributed by atoms with Gasteiger partial charge in [0.05, 0.1) is 12.5 Å². The number of hydrogen-bond donors (Lipinski definition) is 0. The molecule has 0 aliphatic carbocycles. The first-order chi connectivity index (χ1) is 6.85. The van der Waals surface area contributed by atoms with Gasteiger partial charge in [0.1, 0.15) is 0 Å². The minimum absolute atomic E-state index is 0.576. The van der Waals surface area contributed by atoms with Crippen molar-refractivity contribution in [3.63, 3.8) is 0 Å². The Hall–Kier alpha value is -1.36. The summed E-state index contributed by atoms with van der Waals surface area (Å²) < 4.78 is 5.17. The first-order valence-corrected chi connectivity index (χ1v) is 5.28. The monoisotopic (exact) mass is 207 g/mol. The van der Waals surface area contributed by atoms with Gasteiger partial charge in [-0.3, -0.25) is 0 Å². The van der Waals surface area contributed by atoms with Gasteiger partial charge in [0.2, 0.25) is 5.88 Å². The van der Waals surface area contributed by atoms with E-state index in [9.17, 15) is 0 Å². The van der Waals surface area contributed by atoms with Crippen LogP contribution in [0.4, 0.5) is 0 Å². The highest BCUT2D eigenvalue weighted by Crippen LogP contribution is 2.22. The van der Waals surface area contributed by atoms with Crippen LogP contribution in [-0.4, -0.2) is 28.3 Å². The Balaban J connectivity index is 2.73. The molecular formula is C9H9N3OS. The first kappa shape index (κ1) is 9.21. The lowest BCUT2D eigenvalue weighted by Crippen LogP contribution is -1.95. The average Bonchev–Trinajstić information content (AvgIpc) is 2.27. The van der Waals surface area contributed by atoms with Crippen molar-refractivity contribution in [2.45, 2.75) is 5.16 Å². The fourth-order valence-corrected chi connectivity index (χ4v) is 1.51. The van der Waals surface area contributed by atoms with Crippen LogP contribution in [0.3, 0.4) is 0 Å². The molecule has 0 amide bonds. The number of thioether (sulfide) groups is 1. The van der Waals surface area contributed by atoms with Crippen LogP contribution in [0.15, 0.2) is 23.5 Å². The maximum atomic E-state index is 5.17. The van der Waals surface area contributed by atoms with Crippen molar-refractivity contribution in [2.75, 3.05) is 13.4 Å². The summed E-state index contributed by atoms with van der Waals surface area (Å²) in [6, 6.07) is 3.73. The minimum atomic E-state index is 0.576. The molecular weight excluding hydrogens is 198 g/mol. The molecule has 2 heterocycles. The van der Waals surface area contributed by atoms with E-state index in [1.54, 1.807) is 13.3 Å². The van der Waals surface area contributed by atoms with Gasteiger partial charge in [-0.2, -0.15) is 4.98 Å². The third-order valence-corrected chi connectivity index (χ3v) is 2.34. The molecule has 0 saturated carbocycles. The molecule has 0 fully saturated rings. The predicted octanol–water partition coefficient (Wildman–Crippen LogP) is 1.76. The fourth-order valence-electron chi connectivity index (χ4n) is 1.16. The Morgan fingerprint density at radius 3 is 2.93 bits per heavy atom. The molecule has 14 heavy (non-hydrogen) atoms. The quantitative estimate of drug-likeness (QED) is 0.554. The van der Waals surface area contributed by atoms with E-state index in [1.807, 2.05) is 18.4 Å². The summed E-state index contributed by atoms with van der Waals surface area (Å²) >= 11 is 1.47. The van der Waals surface area contributed by atoms with Gasteiger partial charge in [-0.25, -0.2) is 9.97 Å². The zero-order valence-electron chi connectivity index (χ0n) is 7.89. The molecule has 0 N–H and O–H groups in total. The Kier molecular flexibility index (Phi) is 2.49. The second kappa shape index (κ2) is 3.79. The summed E-state index contributed by atoms with van der Waals surface area (Å²) in [7, 11) is 1.60. The van der Waals surface area contributed by atoms with E-state index in [1.165, 1.54) is 11.8 Å². The van der Waals surface area contributed by atoms with E-state index in [4.69, 9.17) is 4.74 Å². The summed E-state index contributed by atoms with van der Waals surface area (Å²) in [5.41, 5.74) is 0.670. The van der Waals surface area contributed by atoms with Crippen LogP contribution in [0.25, 0.3) is 11.0 Å². The molecule has 72 valence electrons. The summed E-state index contributed by atoms with van der Waals surface area (Å²) in [6.45, 7) is 0. The van der Waals surface area contributed by atoms with Crippen LogP contribution >= 0.6 is 11.8 Å². The maximum absolute atomic E-state index is 5.17. The van der Waals surface area contributed by atoms with Crippen molar-refractivity contribution in [1.29, 1.82) is 0 Å². The van der Waals surface area contributed by atoms with E-state index in [0.717, 1.165) is 5.39 Å². The van der Waals surface area contributed by atoms with Crippen molar-refractivity contribution < 1.29 is 4.74 Å². The minimum Gasteiger partial charge on any atom is -0.480 e. The lowest BCUT2D eigenvalue weighted by atomic mass is 10.3. The number of fused-ring (bicyclic) bond motifs is 1. The number of pyridine rings is 1. The third-order valence-electron chi connectivity index (χ3n) is 1.79. The summed E-state index contributed by atoms with van der Waals surface area (Å²) in [6.07, 6.45) is 3.63. The average molecular weight is 207 g/mol. The van der Waals surface area contributed by atoms with Gasteiger partial charge >= 0.3 is 0 Å². The Morgan fingerprint density at radius 1 is 1.36 bits per heavy atom. The van der Waals surface area contributed by atoms with Crippen LogP contribution in [0.1, 0.15) is 0 Å². The Labute approximate surface area is 85.7 Å². The highest BCUT2D eigenvalue weighted by molar-refractivity contribution is 7.98. The smallest absolute Gasteiger partial charge is 0.226 e. The van der Waals surface area contributed by atoms with Crippen LogP contribution < -0.4 is 4.74 Å². The van der Waals surface area contributed by atoms with Gasteiger partial charge in [-0.1, -0.05) is 11.8 Å². The van der Waals surface area contributed by atoms with Gasteiger partial charge in [0.25, 0.3) is 0 Å². The van der Waals surface area contributed by atoms with Crippen LogP contribution in [0, 0.1) is 0 Å². The topological polar surface area (TPSA) is 47.9 Å². The number of methoxy groups -OCH3 is 1. The summed E-state index contributed by atoms with van der Waals surface area (Å²) in [4.78, 5) is 12.6. The number of aromatic nitrogens is 3. The molecule has 2 rings (SSSR count). The van der Waals surface area contributed by atoms with Gasteiger partial charge < -0.3 is 4.74 Å². The molecule has 0 atom stereocenters. The van der Waals surface area contributed by atoms with E-state index in [-0.39, 0.29) is 0 Å². The van der Waals surface area contributed by atoms with Crippen LogP contribution in [-0.2, 0) is 0 Å². The normalized spacial score (nSPS) is 10.4. The number of ether oxygens (including phenoxy) is 1. The fraction of sp³-hybridized carbons (Fsp3) is 0.222. The largest absolute Gasteiger partial charge is 0.480 e. The van der Waals surface area contributed by atoms with E-state index in [2.05, 4.69) is 15.0 Å². The molecule has 0 bridgehead atoms. The molecule has 0 aromatic carbocycles. The van der Waals surface area contributed by atoms with Gasteiger partial charge in [0.15, 0.2) is 10.8 Å². The highest BCUT2D eigenvalue weighted by atomic mass is 32.2. The van der Waals surface area contributed by atoms with Gasteiger partial charge in [-0.05, 0) is 18.4 Å². The van der Waals surface area contributed by atoms with Crippen molar-refractivity contribution in [3.05, 3.63) is 18.3 Å². The van der Waals surface area contributed by atoms with E-state index < -0.39 is 0 Å². The van der Waals surface area contributed by atoms with Crippen molar-refractivity contribution in [2.24, 2.45) is 0 Å². The van der Waals surface area contributed by atoms with Crippen molar-refractivity contribution in [3.8, 4) is 5.88 Å². The van der Waals surface area contributed by atoms with Crippen molar-refractivity contribution in [1.82, 2.24) is 15.0 Å². The molecule has 0 radical (unpaired) electrons. The predicted molar refractivity (Wildman–Crippen MR) is 55.7 cm³/mol. The first-order valence-electron chi connectivity index (χ1n) is 4.06. The van der Waals surface area contributed by atoms with E-state index in [0.29, 0.717) is 16.7 Å². The Bertz CT molecular complexity index is 461. The zero-order valence-corrected chi connectivity index (χ0v) is 8.71. The summed E-state index contributed by atoms with van der Waals surface area (Å²) in [5.74, 6) is 0.576. The highest BCUT2D eigenvalue weighted by Gasteiger charge is 2.06. The molecule has 0 saturated heterocycles. The second-order valence-electron chi connectivity index (χ2n) is 2.59. The van der Waals surface area contributed by atoms with Gasteiger partial charge in [0, 0.05) is 6.20 Å². The molecule has 5 heteroatoms. The summed E-state index contributed by atoms with van der Waals surface area (Å²) in [5, 5.41) is 1.51. The lowest BCUT2D eigenvalue weighted by molar-refractivity contribution is 0.398. The second-order valence-corrected chi connectivity index (χ2v) is 3.37. The Morgan fingerprint density at radius 2 is 2.21 bits per heavy atom. The molecule has 0 aliphatic heterocycles. The molecule has 2 aromatic heterocycles. The molecule has 0 unspecified atom stereocenters. The number of hydrogen-bond acceptors (Lipinski definition) is 5. The number of nitrogens with zero attached hydrogens (tertiary/aromatic N) is 3. The maximum Gasteiger partial charge on any atom is 0.226 e. The standard InChI is InChI=1S/C9H9N3OS/c1-13-8-6-4-3-5-10-7(6)11-9(12-8)14-2/h3-5H,1-2H3. The van der Waals surface area contributed by atoms with Crippen LogP contribution in [0.2, 0.25) is 0 Å². The van der Waals surface area contributed by atoms with E-state index >= 15 is 0 Å². The SMILES string of the molecule is COc1nc(SC)nc2ncccc12. The number of rotatable bonds is 2.